The van der Waals surface area contributed by atoms with Crippen LogP contribution in [0.25, 0.3) is 0 Å². The van der Waals surface area contributed by atoms with Crippen LogP contribution >= 0.6 is 0 Å². The van der Waals surface area contributed by atoms with E-state index < -0.39 is 5.91 Å². The lowest BCUT2D eigenvalue weighted by Crippen LogP contribution is -2.51. The number of benzene rings is 1. The predicted molar refractivity (Wildman–Crippen MR) is 133 cm³/mol. The van der Waals surface area contributed by atoms with E-state index in [0.29, 0.717) is 29.5 Å². The van der Waals surface area contributed by atoms with Gasteiger partial charge in [0.2, 0.25) is 0 Å². The van der Waals surface area contributed by atoms with Crippen molar-refractivity contribution in [2.45, 2.75) is 50.6 Å². The molecule has 4 N–H and O–H groups in total. The van der Waals surface area contributed by atoms with Crippen LogP contribution in [0.3, 0.4) is 0 Å². The number of rotatable bonds is 7. The van der Waals surface area contributed by atoms with E-state index in [4.69, 9.17) is 5.73 Å². The van der Waals surface area contributed by atoms with Gasteiger partial charge in [-0.25, -0.2) is 9.97 Å². The van der Waals surface area contributed by atoms with Gasteiger partial charge in [0.15, 0.2) is 11.5 Å². The molecule has 1 aliphatic heterocycles. The average molecular weight is 475 g/mol. The summed E-state index contributed by atoms with van der Waals surface area (Å²) in [5.41, 5.74) is 8.24. The molecule has 5 rings (SSSR count). The standard InChI is InChI=1S/C25H30N8O2/c1-15-3-10-19(30-25(35)18-8-6-17(7-9-18)16-4-5-16)14-33(15)21-12-27-22(23(26)34)24(31-21)29-20-11-28-32(2)13-20/h6-9,11-13,15-16,19H,3-5,10,14H2,1-2H3,(H2,26,34)(H,29,31)(H,30,35)/t15-,19+/m0/s1. The molecule has 2 amide bonds. The number of nitrogens with zero attached hydrogens (tertiary/aromatic N) is 5. The fraction of sp³-hybridized carbons (Fsp3) is 0.400. The second kappa shape index (κ2) is 9.36. The Hall–Kier alpha value is -3.95. The summed E-state index contributed by atoms with van der Waals surface area (Å²) in [6.07, 6.45) is 9.20. The summed E-state index contributed by atoms with van der Waals surface area (Å²) in [7, 11) is 1.80. The van der Waals surface area contributed by atoms with Crippen molar-refractivity contribution in [3.05, 3.63) is 59.7 Å². The lowest BCUT2D eigenvalue weighted by Gasteiger charge is -2.39. The van der Waals surface area contributed by atoms with E-state index in [0.717, 1.165) is 12.8 Å². The number of piperidine rings is 1. The Kier molecular flexibility index (Phi) is 6.10. The van der Waals surface area contributed by atoms with Crippen molar-refractivity contribution in [1.82, 2.24) is 25.1 Å². The van der Waals surface area contributed by atoms with Gasteiger partial charge in [0.25, 0.3) is 11.8 Å². The van der Waals surface area contributed by atoms with Gasteiger partial charge in [-0.15, -0.1) is 0 Å². The molecule has 2 aromatic heterocycles. The Morgan fingerprint density at radius 1 is 1.09 bits per heavy atom. The number of hydrogen-bond donors (Lipinski definition) is 3. The Morgan fingerprint density at radius 2 is 1.86 bits per heavy atom. The largest absolute Gasteiger partial charge is 0.364 e. The lowest BCUT2D eigenvalue weighted by atomic mass is 9.99. The quantitative estimate of drug-likeness (QED) is 0.480. The third-order valence-corrected chi connectivity index (χ3v) is 6.69. The van der Waals surface area contributed by atoms with E-state index in [9.17, 15) is 9.59 Å². The van der Waals surface area contributed by atoms with Crippen LogP contribution in [0, 0.1) is 0 Å². The monoisotopic (exact) mass is 474 g/mol. The van der Waals surface area contributed by atoms with E-state index >= 15 is 0 Å². The maximum absolute atomic E-state index is 12.9. The summed E-state index contributed by atoms with van der Waals surface area (Å²) in [4.78, 5) is 35.9. The van der Waals surface area contributed by atoms with Gasteiger partial charge in [-0.3, -0.25) is 14.3 Å². The smallest absolute Gasteiger partial charge is 0.271 e. The van der Waals surface area contributed by atoms with E-state index in [1.165, 1.54) is 18.4 Å². The van der Waals surface area contributed by atoms with Crippen LogP contribution in [-0.4, -0.2) is 50.2 Å². The van der Waals surface area contributed by atoms with E-state index in [1.807, 2.05) is 12.1 Å². The Balaban J connectivity index is 1.31. The number of carbonyl (C=O) groups is 2. The highest BCUT2D eigenvalue weighted by atomic mass is 16.2. The molecule has 2 aliphatic rings. The molecule has 0 spiro atoms. The summed E-state index contributed by atoms with van der Waals surface area (Å²) in [6.45, 7) is 2.70. The second-order valence-corrected chi connectivity index (χ2v) is 9.46. The van der Waals surface area contributed by atoms with E-state index in [2.05, 4.69) is 49.7 Å². The normalized spacial score (nSPS) is 19.9. The van der Waals surface area contributed by atoms with E-state index in [-0.39, 0.29) is 29.5 Å². The summed E-state index contributed by atoms with van der Waals surface area (Å²) in [6, 6.07) is 8.12. The maximum Gasteiger partial charge on any atom is 0.271 e. The zero-order valence-electron chi connectivity index (χ0n) is 19.9. The highest BCUT2D eigenvalue weighted by molar-refractivity contribution is 5.96. The molecule has 3 heterocycles. The maximum atomic E-state index is 12.9. The third kappa shape index (κ3) is 5.11. The van der Waals surface area contributed by atoms with Gasteiger partial charge in [-0.2, -0.15) is 5.10 Å². The van der Waals surface area contributed by atoms with Crippen LogP contribution in [-0.2, 0) is 7.05 Å². The minimum absolute atomic E-state index is 0.0332. The molecule has 1 aromatic carbocycles. The molecular weight excluding hydrogens is 444 g/mol. The third-order valence-electron chi connectivity index (χ3n) is 6.69. The van der Waals surface area contributed by atoms with Gasteiger partial charge < -0.3 is 21.3 Å². The molecule has 2 atom stereocenters. The minimum atomic E-state index is -0.667. The Labute approximate surface area is 203 Å². The van der Waals surface area contributed by atoms with Crippen molar-refractivity contribution in [2.75, 3.05) is 16.8 Å². The number of aromatic nitrogens is 4. The first-order valence-corrected chi connectivity index (χ1v) is 12.0. The number of aryl methyl sites for hydroxylation is 1. The lowest BCUT2D eigenvalue weighted by molar-refractivity contribution is 0.0930. The number of carbonyl (C=O) groups excluding carboxylic acids is 2. The molecule has 35 heavy (non-hydrogen) atoms. The fourth-order valence-corrected chi connectivity index (χ4v) is 4.54. The minimum Gasteiger partial charge on any atom is -0.364 e. The van der Waals surface area contributed by atoms with Gasteiger partial charge in [0.05, 0.1) is 18.1 Å². The summed E-state index contributed by atoms with van der Waals surface area (Å²) >= 11 is 0. The van der Waals surface area contributed by atoms with Crippen molar-refractivity contribution in [2.24, 2.45) is 12.8 Å². The molecule has 1 saturated heterocycles. The molecule has 0 radical (unpaired) electrons. The average Bonchev–Trinajstić information content (AvgIpc) is 3.62. The number of nitrogens with two attached hydrogens (primary N) is 1. The van der Waals surface area contributed by atoms with Gasteiger partial charge in [-0.05, 0) is 56.2 Å². The van der Waals surface area contributed by atoms with E-state index in [1.54, 1.807) is 30.3 Å². The Morgan fingerprint density at radius 3 is 2.51 bits per heavy atom. The molecule has 10 heteroatoms. The molecular formula is C25H30N8O2. The molecule has 1 saturated carbocycles. The highest BCUT2D eigenvalue weighted by Gasteiger charge is 2.29. The summed E-state index contributed by atoms with van der Waals surface area (Å²) < 4.78 is 1.64. The van der Waals surface area contributed by atoms with Crippen molar-refractivity contribution in [3.63, 3.8) is 0 Å². The van der Waals surface area contributed by atoms with Crippen LogP contribution < -0.4 is 21.3 Å². The molecule has 3 aromatic rings. The van der Waals surface area contributed by atoms with Gasteiger partial charge in [0, 0.05) is 37.4 Å². The Bertz CT molecular complexity index is 1230. The number of primary amides is 1. The zero-order valence-corrected chi connectivity index (χ0v) is 19.9. The first-order valence-electron chi connectivity index (χ1n) is 12.0. The second-order valence-electron chi connectivity index (χ2n) is 9.46. The SMILES string of the molecule is C[C@H]1CC[C@@H](NC(=O)c2ccc(C3CC3)cc2)CN1c1cnc(C(N)=O)c(Nc2cnn(C)c2)n1. The van der Waals surface area contributed by atoms with Crippen LogP contribution in [0.4, 0.5) is 17.3 Å². The van der Waals surface area contributed by atoms with Crippen molar-refractivity contribution < 1.29 is 9.59 Å². The van der Waals surface area contributed by atoms with Crippen molar-refractivity contribution in [1.29, 1.82) is 0 Å². The van der Waals surface area contributed by atoms with Gasteiger partial charge in [-0.1, -0.05) is 12.1 Å². The van der Waals surface area contributed by atoms with Crippen LogP contribution in [0.1, 0.15) is 64.9 Å². The van der Waals surface area contributed by atoms with Crippen molar-refractivity contribution >= 4 is 29.1 Å². The number of hydrogen-bond acceptors (Lipinski definition) is 7. The molecule has 2 fully saturated rings. The van der Waals surface area contributed by atoms with Gasteiger partial charge >= 0.3 is 0 Å². The van der Waals surface area contributed by atoms with Crippen LogP contribution in [0.5, 0.6) is 0 Å². The number of nitrogens with one attached hydrogen (secondary N) is 2. The molecule has 1 aliphatic carbocycles. The topological polar surface area (TPSA) is 131 Å². The van der Waals surface area contributed by atoms with Crippen LogP contribution in [0.2, 0.25) is 0 Å². The zero-order chi connectivity index (χ0) is 24.5. The van der Waals surface area contributed by atoms with Crippen molar-refractivity contribution in [3.8, 4) is 0 Å². The van der Waals surface area contributed by atoms with Gasteiger partial charge in [0.1, 0.15) is 5.82 Å². The number of anilines is 3. The predicted octanol–water partition coefficient (Wildman–Crippen LogP) is 2.72. The first kappa shape index (κ1) is 22.8. The molecule has 10 nitrogen and oxygen atoms in total. The number of amides is 2. The molecule has 0 unspecified atom stereocenters. The first-order chi connectivity index (χ1) is 16.9. The van der Waals surface area contributed by atoms with Crippen LogP contribution in [0.15, 0.2) is 42.9 Å². The summed E-state index contributed by atoms with van der Waals surface area (Å²) in [5, 5.41) is 10.4. The summed E-state index contributed by atoms with van der Waals surface area (Å²) in [5.74, 6) is 0.819. The molecule has 0 bridgehead atoms. The molecule has 182 valence electrons. The highest BCUT2D eigenvalue weighted by Crippen LogP contribution is 2.39. The fourth-order valence-electron chi connectivity index (χ4n) is 4.54.